The van der Waals surface area contributed by atoms with Crippen molar-refractivity contribution in [2.75, 3.05) is 6.54 Å². The van der Waals surface area contributed by atoms with Gasteiger partial charge in [0.2, 0.25) is 10.0 Å². The molecule has 0 heterocycles. The number of unbranched alkanes of at least 4 members (excludes halogenated alkanes) is 1. The number of aryl methyl sites for hydroxylation is 1. The molecular formula is C12H16N2O6S. The highest BCUT2D eigenvalue weighted by Gasteiger charge is 2.18. The number of sulfonamides is 1. The van der Waals surface area contributed by atoms with Gasteiger partial charge in [-0.2, -0.15) is 0 Å². The van der Waals surface area contributed by atoms with Gasteiger partial charge in [0.15, 0.2) is 0 Å². The van der Waals surface area contributed by atoms with Crippen molar-refractivity contribution < 1.29 is 23.2 Å². The van der Waals surface area contributed by atoms with Gasteiger partial charge in [-0.3, -0.25) is 14.9 Å². The molecule has 0 aliphatic rings. The average Bonchev–Trinajstić information content (AvgIpc) is 2.37. The van der Waals surface area contributed by atoms with Crippen LogP contribution in [0.25, 0.3) is 0 Å². The summed E-state index contributed by atoms with van der Waals surface area (Å²) in [5.74, 6) is -0.927. The summed E-state index contributed by atoms with van der Waals surface area (Å²) in [6.07, 6.45) is 0.757. The molecule has 0 atom stereocenters. The van der Waals surface area contributed by atoms with Gasteiger partial charge in [0.1, 0.15) is 0 Å². The van der Waals surface area contributed by atoms with E-state index in [4.69, 9.17) is 5.11 Å². The monoisotopic (exact) mass is 316 g/mol. The number of non-ortho nitro benzene ring substituents is 1. The third-order valence-corrected chi connectivity index (χ3v) is 4.39. The molecule has 116 valence electrons. The Morgan fingerprint density at radius 3 is 2.57 bits per heavy atom. The van der Waals surface area contributed by atoms with Crippen molar-refractivity contribution in [3.63, 3.8) is 0 Å². The summed E-state index contributed by atoms with van der Waals surface area (Å²) in [6.45, 7) is 1.60. The molecule has 0 radical (unpaired) electrons. The molecule has 8 nitrogen and oxygen atoms in total. The molecular weight excluding hydrogens is 300 g/mol. The maximum Gasteiger partial charge on any atom is 0.303 e. The van der Waals surface area contributed by atoms with Crippen molar-refractivity contribution >= 4 is 21.7 Å². The van der Waals surface area contributed by atoms with Gasteiger partial charge in [-0.15, -0.1) is 0 Å². The Morgan fingerprint density at radius 1 is 1.38 bits per heavy atom. The molecule has 0 aliphatic heterocycles. The van der Waals surface area contributed by atoms with Crippen LogP contribution in [0.2, 0.25) is 0 Å². The van der Waals surface area contributed by atoms with Crippen LogP contribution >= 0.6 is 0 Å². The quantitative estimate of drug-likeness (QED) is 0.424. The number of nitro groups is 1. The molecule has 0 fully saturated rings. The van der Waals surface area contributed by atoms with E-state index in [1.165, 1.54) is 19.1 Å². The summed E-state index contributed by atoms with van der Waals surface area (Å²) >= 11 is 0. The third-order valence-electron chi connectivity index (χ3n) is 2.77. The van der Waals surface area contributed by atoms with Crippen molar-refractivity contribution in [1.82, 2.24) is 4.72 Å². The zero-order valence-electron chi connectivity index (χ0n) is 11.4. The van der Waals surface area contributed by atoms with Gasteiger partial charge >= 0.3 is 5.97 Å². The van der Waals surface area contributed by atoms with Crippen molar-refractivity contribution in [1.29, 1.82) is 0 Å². The second-order valence-corrected chi connectivity index (χ2v) is 6.19. The number of hydrogen-bond donors (Lipinski definition) is 2. The standard InChI is InChI=1S/C12H16N2O6S/c1-9-8-10(14(17)18)5-6-11(9)21(19,20)13-7-3-2-4-12(15)16/h5-6,8,13H,2-4,7H2,1H3,(H,15,16). The predicted molar refractivity (Wildman–Crippen MR) is 74.5 cm³/mol. The zero-order chi connectivity index (χ0) is 16.0. The highest BCUT2D eigenvalue weighted by Crippen LogP contribution is 2.20. The Morgan fingerprint density at radius 2 is 2.05 bits per heavy atom. The summed E-state index contributed by atoms with van der Waals surface area (Å²) in [5, 5.41) is 19.1. The Hall–Kier alpha value is -2.00. The van der Waals surface area contributed by atoms with Crippen LogP contribution < -0.4 is 4.72 Å². The highest BCUT2D eigenvalue weighted by atomic mass is 32.2. The minimum absolute atomic E-state index is 0.0156. The second kappa shape index (κ2) is 7.14. The van der Waals surface area contributed by atoms with Gasteiger partial charge in [0, 0.05) is 25.1 Å². The van der Waals surface area contributed by atoms with E-state index in [9.17, 15) is 23.3 Å². The van der Waals surface area contributed by atoms with E-state index in [0.29, 0.717) is 12.8 Å². The number of nitrogens with zero attached hydrogens (tertiary/aromatic N) is 1. The van der Waals surface area contributed by atoms with E-state index < -0.39 is 20.9 Å². The average molecular weight is 316 g/mol. The molecule has 0 unspecified atom stereocenters. The lowest BCUT2D eigenvalue weighted by atomic mass is 10.2. The van der Waals surface area contributed by atoms with Crippen molar-refractivity contribution in [3.8, 4) is 0 Å². The number of nitrogens with one attached hydrogen (secondary N) is 1. The number of rotatable bonds is 8. The van der Waals surface area contributed by atoms with Crippen LogP contribution in [-0.2, 0) is 14.8 Å². The summed E-state index contributed by atoms with van der Waals surface area (Å²) in [6, 6.07) is 3.51. The van der Waals surface area contributed by atoms with Gasteiger partial charge in [0.05, 0.1) is 9.82 Å². The number of carboxylic acids is 1. The fourth-order valence-electron chi connectivity index (χ4n) is 1.73. The van der Waals surface area contributed by atoms with Crippen molar-refractivity contribution in [3.05, 3.63) is 33.9 Å². The minimum Gasteiger partial charge on any atom is -0.481 e. The van der Waals surface area contributed by atoms with Crippen LogP contribution in [0.15, 0.2) is 23.1 Å². The first-order valence-electron chi connectivity index (χ1n) is 6.20. The second-order valence-electron chi connectivity index (χ2n) is 4.46. The van der Waals surface area contributed by atoms with E-state index in [1.54, 1.807) is 0 Å². The maximum absolute atomic E-state index is 12.0. The van der Waals surface area contributed by atoms with Gasteiger partial charge in [-0.1, -0.05) is 0 Å². The fourth-order valence-corrected chi connectivity index (χ4v) is 3.03. The first kappa shape index (κ1) is 17.1. The first-order chi connectivity index (χ1) is 9.74. The van der Waals surface area contributed by atoms with Crippen LogP contribution in [-0.4, -0.2) is 31.0 Å². The van der Waals surface area contributed by atoms with Crippen molar-refractivity contribution in [2.45, 2.75) is 31.1 Å². The van der Waals surface area contributed by atoms with Gasteiger partial charge in [-0.25, -0.2) is 13.1 Å². The summed E-state index contributed by atoms with van der Waals surface area (Å²) in [5.41, 5.74) is 0.107. The smallest absolute Gasteiger partial charge is 0.303 e. The van der Waals surface area contributed by atoms with Gasteiger partial charge in [-0.05, 0) is 31.4 Å². The number of aliphatic carboxylic acids is 1. The molecule has 0 bridgehead atoms. The number of benzene rings is 1. The van der Waals surface area contributed by atoms with Gasteiger partial charge < -0.3 is 5.11 Å². The normalized spacial score (nSPS) is 11.3. The topological polar surface area (TPSA) is 127 Å². The Labute approximate surface area is 122 Å². The highest BCUT2D eigenvalue weighted by molar-refractivity contribution is 7.89. The van der Waals surface area contributed by atoms with E-state index in [1.807, 2.05) is 0 Å². The molecule has 2 N–H and O–H groups in total. The Kier molecular flexibility index (Phi) is 5.79. The van der Waals surface area contributed by atoms with E-state index in [2.05, 4.69) is 4.72 Å². The molecule has 0 amide bonds. The lowest BCUT2D eigenvalue weighted by Crippen LogP contribution is -2.25. The predicted octanol–water partition coefficient (Wildman–Crippen LogP) is 1.44. The Balaban J connectivity index is 2.70. The molecule has 0 aromatic heterocycles. The number of carboxylic acid groups (broad SMARTS) is 1. The van der Waals surface area contributed by atoms with Crippen LogP contribution in [0.4, 0.5) is 5.69 Å². The number of hydrogen-bond acceptors (Lipinski definition) is 5. The van der Waals surface area contributed by atoms with E-state index >= 15 is 0 Å². The first-order valence-corrected chi connectivity index (χ1v) is 7.69. The molecule has 0 aliphatic carbocycles. The largest absolute Gasteiger partial charge is 0.481 e. The number of carbonyl (C=O) groups is 1. The molecule has 1 aromatic rings. The molecule has 21 heavy (non-hydrogen) atoms. The van der Waals surface area contributed by atoms with Crippen LogP contribution in [0.5, 0.6) is 0 Å². The summed E-state index contributed by atoms with van der Waals surface area (Å²) < 4.78 is 26.4. The Bertz CT molecular complexity index is 641. The summed E-state index contributed by atoms with van der Waals surface area (Å²) in [7, 11) is -3.75. The minimum atomic E-state index is -3.75. The van der Waals surface area contributed by atoms with Crippen LogP contribution in [0.1, 0.15) is 24.8 Å². The zero-order valence-corrected chi connectivity index (χ0v) is 12.2. The van der Waals surface area contributed by atoms with E-state index in [-0.39, 0.29) is 29.1 Å². The third kappa shape index (κ3) is 5.12. The van der Waals surface area contributed by atoms with Crippen LogP contribution in [0, 0.1) is 17.0 Å². The lowest BCUT2D eigenvalue weighted by molar-refractivity contribution is -0.385. The van der Waals surface area contributed by atoms with Crippen LogP contribution in [0.3, 0.4) is 0 Å². The molecule has 9 heteroatoms. The SMILES string of the molecule is Cc1cc([N+](=O)[O-])ccc1S(=O)(=O)NCCCCC(=O)O. The molecule has 1 rings (SSSR count). The lowest BCUT2D eigenvalue weighted by Gasteiger charge is -2.08. The number of nitro benzene ring substituents is 1. The van der Waals surface area contributed by atoms with Gasteiger partial charge in [0.25, 0.3) is 5.69 Å². The summed E-state index contributed by atoms with van der Waals surface area (Å²) in [4.78, 5) is 20.3. The molecule has 0 saturated heterocycles. The molecule has 0 spiro atoms. The fraction of sp³-hybridized carbons (Fsp3) is 0.417. The van der Waals surface area contributed by atoms with Crippen molar-refractivity contribution in [2.24, 2.45) is 0 Å². The molecule has 0 saturated carbocycles. The van der Waals surface area contributed by atoms with E-state index in [0.717, 1.165) is 6.07 Å². The maximum atomic E-state index is 12.0. The molecule has 1 aromatic carbocycles.